The molecule has 0 heterocycles. The number of aliphatic hydroxyl groups excluding tert-OH is 1. The van der Waals surface area contributed by atoms with Crippen molar-refractivity contribution in [2.24, 2.45) is 0 Å². The molecule has 0 aliphatic heterocycles. The van der Waals surface area contributed by atoms with E-state index in [1.165, 1.54) is 154 Å². The van der Waals surface area contributed by atoms with Gasteiger partial charge in [-0.1, -0.05) is 163 Å². The van der Waals surface area contributed by atoms with Crippen molar-refractivity contribution in [3.63, 3.8) is 0 Å². The number of aliphatic hydroxyl groups is 1. The first-order valence-electron chi connectivity index (χ1n) is 18.0. The summed E-state index contributed by atoms with van der Waals surface area (Å²) in [6.45, 7) is 11.3. The van der Waals surface area contributed by atoms with Crippen molar-refractivity contribution in [2.75, 3.05) is 31.3 Å². The second kappa shape index (κ2) is 52.0. The fourth-order valence-corrected chi connectivity index (χ4v) is 7.32. The Kier molecular flexibility index (Phi) is 65.5. The molecule has 0 aliphatic rings. The fourth-order valence-electron chi connectivity index (χ4n) is 4.52. The van der Waals surface area contributed by atoms with Gasteiger partial charge in [-0.3, -0.25) is 0 Å². The van der Waals surface area contributed by atoms with Gasteiger partial charge in [0.1, 0.15) is 0 Å². The maximum absolute atomic E-state index is 9.92. The Labute approximate surface area is 283 Å². The molecule has 0 aliphatic carbocycles. The van der Waals surface area contributed by atoms with Crippen LogP contribution in [0, 0.1) is 0 Å². The van der Waals surface area contributed by atoms with E-state index in [1.807, 2.05) is 6.92 Å². The minimum absolute atomic E-state index is 0. The third-order valence-corrected chi connectivity index (χ3v) is 10.6. The maximum atomic E-state index is 9.92. The van der Waals surface area contributed by atoms with Gasteiger partial charge in [0, 0.05) is 44.6 Å². The van der Waals surface area contributed by atoms with Crippen LogP contribution < -0.4 is 0 Å². The van der Waals surface area contributed by atoms with Gasteiger partial charge in [-0.2, -0.15) is 0 Å². The minimum Gasteiger partial charge on any atom is -0.412 e. The summed E-state index contributed by atoms with van der Waals surface area (Å²) in [7, 11) is -1.26. The average Bonchev–Trinajstić information content (AvgIpc) is 2.96. The van der Waals surface area contributed by atoms with Crippen LogP contribution >= 0.6 is 16.3 Å². The monoisotopic (exact) mass is 675 g/mol. The molecule has 0 spiro atoms. The van der Waals surface area contributed by atoms with Crippen LogP contribution in [0.15, 0.2) is 0 Å². The molecule has 0 saturated carbocycles. The zero-order chi connectivity index (χ0) is 30.4. The topological polar surface area (TPSA) is 92.2 Å². The Bertz CT molecular complexity index is 341. The summed E-state index contributed by atoms with van der Waals surface area (Å²) in [5.74, 6) is 0. The van der Waals surface area contributed by atoms with Gasteiger partial charge in [-0.05, 0) is 56.8 Å². The molecule has 42 heavy (non-hydrogen) atoms. The number of hydrogen-bond acceptors (Lipinski definition) is 3. The van der Waals surface area contributed by atoms with Gasteiger partial charge >= 0.3 is 0 Å². The van der Waals surface area contributed by atoms with Crippen molar-refractivity contribution in [1.82, 2.24) is 0 Å². The Morgan fingerprint density at radius 2 is 0.500 bits per heavy atom. The first-order chi connectivity index (χ1) is 19.5. The molecule has 0 fully saturated rings. The van der Waals surface area contributed by atoms with Gasteiger partial charge in [-0.25, -0.2) is 0 Å². The van der Waals surface area contributed by atoms with Gasteiger partial charge in [0.2, 0.25) is 0 Å². The Morgan fingerprint density at radius 1 is 0.333 bits per heavy atom. The van der Waals surface area contributed by atoms with Crippen molar-refractivity contribution < 1.29 is 42.1 Å². The summed E-state index contributed by atoms with van der Waals surface area (Å²) >= 11 is 0. The van der Waals surface area contributed by atoms with E-state index in [0.29, 0.717) is 6.61 Å². The van der Waals surface area contributed by atoms with Crippen molar-refractivity contribution >= 4 is 16.3 Å². The van der Waals surface area contributed by atoms with Crippen LogP contribution in [0.1, 0.15) is 195 Å². The fraction of sp³-hybridized carbons (Fsp3) is 1.00. The van der Waals surface area contributed by atoms with Crippen LogP contribution in [-0.4, -0.2) is 51.6 Å². The molecule has 0 radical (unpaired) electrons. The SMILES string of the molecule is CCCCCCCCP(O)CCCCCCCC.CCCCCCCCP(O)CCCCCCCC.CCCO.O.[Ti]. The van der Waals surface area contributed by atoms with Gasteiger partial charge in [0.05, 0.1) is 0 Å². The Hall–Kier alpha value is 1.41. The summed E-state index contributed by atoms with van der Waals surface area (Å²) in [5, 5.41) is 7.88. The van der Waals surface area contributed by atoms with E-state index in [9.17, 15) is 9.79 Å². The van der Waals surface area contributed by atoms with Crippen molar-refractivity contribution in [1.29, 1.82) is 0 Å². The van der Waals surface area contributed by atoms with E-state index >= 15 is 0 Å². The van der Waals surface area contributed by atoms with Gasteiger partial charge in [0.25, 0.3) is 0 Å². The Morgan fingerprint density at radius 3 is 0.667 bits per heavy atom. The molecule has 258 valence electrons. The quantitative estimate of drug-likeness (QED) is 0.0419. The van der Waals surface area contributed by atoms with Crippen molar-refractivity contribution in [2.45, 2.75) is 195 Å². The van der Waals surface area contributed by atoms with E-state index in [1.54, 1.807) is 0 Å². The molecular weight excluding hydrogens is 594 g/mol. The molecule has 0 saturated heterocycles. The zero-order valence-electron chi connectivity index (χ0n) is 29.4. The van der Waals surface area contributed by atoms with Gasteiger partial charge in [-0.15, -0.1) is 0 Å². The summed E-state index contributed by atoms with van der Waals surface area (Å²) in [6.07, 6.45) is 37.4. The number of unbranched alkanes of at least 4 members (excludes halogenated alkanes) is 20. The van der Waals surface area contributed by atoms with E-state index < -0.39 is 16.3 Å². The van der Waals surface area contributed by atoms with Crippen LogP contribution in [-0.2, 0) is 21.7 Å². The van der Waals surface area contributed by atoms with E-state index in [2.05, 4.69) is 27.7 Å². The first-order valence-corrected chi connectivity index (χ1v) is 21.3. The molecule has 0 bridgehead atoms. The molecule has 7 heteroatoms. The summed E-state index contributed by atoms with van der Waals surface area (Å²) in [5.41, 5.74) is 0. The van der Waals surface area contributed by atoms with Crippen molar-refractivity contribution in [3.8, 4) is 0 Å². The molecule has 0 aromatic heterocycles. The zero-order valence-corrected chi connectivity index (χ0v) is 32.8. The number of hydrogen-bond donors (Lipinski definition) is 3. The van der Waals surface area contributed by atoms with Crippen molar-refractivity contribution in [3.05, 3.63) is 0 Å². The van der Waals surface area contributed by atoms with E-state index in [-0.39, 0.29) is 27.2 Å². The summed E-state index contributed by atoms with van der Waals surface area (Å²) in [4.78, 5) is 19.8. The summed E-state index contributed by atoms with van der Waals surface area (Å²) < 4.78 is 0. The molecular formula is C35H80O4P2Ti. The molecule has 0 atom stereocenters. The third-order valence-electron chi connectivity index (χ3n) is 7.30. The largest absolute Gasteiger partial charge is 0.412 e. The van der Waals surface area contributed by atoms with Gasteiger partial charge < -0.3 is 20.4 Å². The van der Waals surface area contributed by atoms with Gasteiger partial charge in [0.15, 0.2) is 0 Å². The summed E-state index contributed by atoms with van der Waals surface area (Å²) in [6, 6.07) is 0. The molecule has 0 aromatic rings. The smallest absolute Gasteiger partial charge is 0.0428 e. The van der Waals surface area contributed by atoms with Crippen LogP contribution in [0.25, 0.3) is 0 Å². The molecule has 0 rings (SSSR count). The average molecular weight is 675 g/mol. The molecule has 0 amide bonds. The van der Waals surface area contributed by atoms with E-state index in [0.717, 1.165) is 31.1 Å². The Balaban J connectivity index is -0.000000184. The molecule has 0 aromatic carbocycles. The van der Waals surface area contributed by atoms with Crippen LogP contribution in [0.4, 0.5) is 0 Å². The number of rotatable bonds is 29. The van der Waals surface area contributed by atoms with E-state index in [4.69, 9.17) is 5.11 Å². The van der Waals surface area contributed by atoms with Crippen LogP contribution in [0.3, 0.4) is 0 Å². The second-order valence-electron chi connectivity index (χ2n) is 11.7. The standard InChI is InChI=1S/2C16H35OP.C3H8O.H2O.Ti/c2*1-3-5-7-9-11-13-15-18(17)16-14-12-10-8-6-4-2;1-2-3-4;;/h2*17H,3-16H2,1-2H3;4H,2-3H2,1H3;1H2;. The third kappa shape index (κ3) is 57.1. The molecule has 4 nitrogen and oxygen atoms in total. The van der Waals surface area contributed by atoms with Crippen LogP contribution in [0.5, 0.6) is 0 Å². The molecule has 0 unspecified atom stereocenters. The predicted octanol–water partition coefficient (Wildman–Crippen LogP) is 11.8. The normalized spacial score (nSPS) is 10.4. The maximum Gasteiger partial charge on any atom is 0.0428 e. The minimum atomic E-state index is -0.630. The second-order valence-corrected chi connectivity index (χ2v) is 15.5. The van der Waals surface area contributed by atoms with Crippen LogP contribution in [0.2, 0.25) is 0 Å². The molecule has 5 N–H and O–H groups in total. The predicted molar refractivity (Wildman–Crippen MR) is 192 cm³/mol. The first kappa shape index (κ1) is 52.9.